The van der Waals surface area contributed by atoms with Gasteiger partial charge in [-0.25, -0.2) is 9.97 Å². The van der Waals surface area contributed by atoms with Crippen molar-refractivity contribution in [3.63, 3.8) is 0 Å². The van der Waals surface area contributed by atoms with E-state index in [0.717, 1.165) is 48.6 Å². The van der Waals surface area contributed by atoms with Gasteiger partial charge in [0.1, 0.15) is 5.82 Å². The van der Waals surface area contributed by atoms with Crippen LogP contribution >= 0.6 is 0 Å². The summed E-state index contributed by atoms with van der Waals surface area (Å²) in [4.78, 5) is 9.11. The number of aromatic nitrogens is 4. The number of hydrogen-bond donors (Lipinski definition) is 0. The second-order valence-electron chi connectivity index (χ2n) is 5.18. The quantitative estimate of drug-likeness (QED) is 0.670. The first-order chi connectivity index (χ1) is 9.34. The number of nitrogens with zero attached hydrogens (tertiary/aromatic N) is 4. The largest absolute Gasteiger partial charge is 0.381 e. The van der Waals surface area contributed by atoms with Gasteiger partial charge in [0.05, 0.1) is 30.0 Å². The van der Waals surface area contributed by atoms with Gasteiger partial charge >= 0.3 is 0 Å². The topological polar surface area (TPSA) is 44.3 Å². The van der Waals surface area contributed by atoms with E-state index in [9.17, 15) is 0 Å². The zero-order chi connectivity index (χ0) is 12.8. The Morgan fingerprint density at radius 1 is 1.32 bits per heavy atom. The summed E-state index contributed by atoms with van der Waals surface area (Å²) >= 11 is 0. The Hall–Kier alpha value is -1.88. The molecule has 1 aliphatic heterocycles. The van der Waals surface area contributed by atoms with Gasteiger partial charge in [0.2, 0.25) is 0 Å². The van der Waals surface area contributed by atoms with E-state index < -0.39 is 0 Å². The van der Waals surface area contributed by atoms with E-state index >= 15 is 0 Å². The van der Waals surface area contributed by atoms with Crippen LogP contribution < -0.4 is 0 Å². The Morgan fingerprint density at radius 2 is 2.21 bits per heavy atom. The van der Waals surface area contributed by atoms with Crippen LogP contribution in [0, 0.1) is 0 Å². The third-order valence-corrected chi connectivity index (χ3v) is 3.92. The van der Waals surface area contributed by atoms with Gasteiger partial charge < -0.3 is 9.30 Å². The predicted molar refractivity (Wildman–Crippen MR) is 72.3 cm³/mol. The highest BCUT2D eigenvalue weighted by Crippen LogP contribution is 2.27. The van der Waals surface area contributed by atoms with Crippen LogP contribution in [0.3, 0.4) is 0 Å². The maximum Gasteiger partial charge on any atom is 0.156 e. The summed E-state index contributed by atoms with van der Waals surface area (Å²) in [6.07, 6.45) is 8.10. The first-order valence-electron chi connectivity index (χ1n) is 6.70. The van der Waals surface area contributed by atoms with Crippen molar-refractivity contribution < 1.29 is 4.74 Å². The molecule has 0 radical (unpaired) electrons. The van der Waals surface area contributed by atoms with E-state index in [2.05, 4.69) is 20.4 Å². The average Bonchev–Trinajstić information content (AvgIpc) is 3.03. The fraction of sp³-hybridized carbons (Fsp3) is 0.429. The molecule has 0 saturated carbocycles. The zero-order valence-corrected chi connectivity index (χ0v) is 10.9. The van der Waals surface area contributed by atoms with Crippen molar-refractivity contribution >= 4 is 16.7 Å². The van der Waals surface area contributed by atoms with Crippen LogP contribution in [0.4, 0.5) is 0 Å². The Kier molecular flexibility index (Phi) is 2.35. The van der Waals surface area contributed by atoms with E-state index in [1.165, 1.54) is 0 Å². The molecule has 4 rings (SSSR count). The SMILES string of the molecule is Cn1ccc2c1ncc1cnc(C3CCCOC3)n12. The lowest BCUT2D eigenvalue weighted by atomic mass is 10.0. The average molecular weight is 256 g/mol. The molecular weight excluding hydrogens is 240 g/mol. The van der Waals surface area contributed by atoms with Crippen molar-refractivity contribution in [1.82, 2.24) is 18.9 Å². The van der Waals surface area contributed by atoms with Crippen molar-refractivity contribution in [3.05, 3.63) is 30.5 Å². The van der Waals surface area contributed by atoms with Crippen molar-refractivity contribution in [2.75, 3.05) is 13.2 Å². The Labute approximate surface area is 110 Å². The van der Waals surface area contributed by atoms with Gasteiger partial charge in [0, 0.05) is 25.8 Å². The molecule has 5 nitrogen and oxygen atoms in total. The molecule has 98 valence electrons. The van der Waals surface area contributed by atoms with Gasteiger partial charge in [-0.15, -0.1) is 0 Å². The van der Waals surface area contributed by atoms with Gasteiger partial charge in [-0.1, -0.05) is 0 Å². The van der Waals surface area contributed by atoms with Gasteiger partial charge in [0.15, 0.2) is 5.65 Å². The van der Waals surface area contributed by atoms with Gasteiger partial charge in [-0.05, 0) is 18.9 Å². The van der Waals surface area contributed by atoms with Crippen LogP contribution in [0.2, 0.25) is 0 Å². The molecule has 1 aliphatic rings. The van der Waals surface area contributed by atoms with Crippen molar-refractivity contribution in [3.8, 4) is 0 Å². The minimum atomic E-state index is 0.391. The van der Waals surface area contributed by atoms with Gasteiger partial charge in [0.25, 0.3) is 0 Å². The van der Waals surface area contributed by atoms with E-state index in [0.29, 0.717) is 5.92 Å². The second-order valence-corrected chi connectivity index (χ2v) is 5.18. The summed E-state index contributed by atoms with van der Waals surface area (Å²) < 4.78 is 9.86. The molecule has 0 spiro atoms. The first kappa shape index (κ1) is 11.0. The second kappa shape index (κ2) is 4.06. The molecule has 0 aliphatic carbocycles. The zero-order valence-electron chi connectivity index (χ0n) is 10.9. The maximum absolute atomic E-state index is 5.60. The Bertz CT molecular complexity index is 736. The number of fused-ring (bicyclic) bond motifs is 3. The summed E-state index contributed by atoms with van der Waals surface area (Å²) in [5.41, 5.74) is 3.17. The molecule has 3 aromatic rings. The summed E-state index contributed by atoms with van der Waals surface area (Å²) in [6, 6.07) is 2.10. The molecule has 4 heterocycles. The number of hydrogen-bond acceptors (Lipinski definition) is 3. The van der Waals surface area contributed by atoms with Crippen LogP contribution in [0.5, 0.6) is 0 Å². The molecular formula is C14H16N4O. The fourth-order valence-corrected chi connectivity index (χ4v) is 2.93. The third kappa shape index (κ3) is 1.58. The van der Waals surface area contributed by atoms with Crippen LogP contribution in [0.1, 0.15) is 24.6 Å². The lowest BCUT2D eigenvalue weighted by Gasteiger charge is -2.21. The van der Waals surface area contributed by atoms with Gasteiger partial charge in [-0.2, -0.15) is 0 Å². The highest BCUT2D eigenvalue weighted by atomic mass is 16.5. The maximum atomic E-state index is 5.60. The Morgan fingerprint density at radius 3 is 3.05 bits per heavy atom. The van der Waals surface area contributed by atoms with Crippen molar-refractivity contribution in [2.45, 2.75) is 18.8 Å². The molecule has 19 heavy (non-hydrogen) atoms. The lowest BCUT2D eigenvalue weighted by Crippen LogP contribution is -2.18. The van der Waals surface area contributed by atoms with Crippen LogP contribution in [0.25, 0.3) is 16.7 Å². The van der Waals surface area contributed by atoms with Crippen molar-refractivity contribution in [1.29, 1.82) is 0 Å². The smallest absolute Gasteiger partial charge is 0.156 e. The summed E-state index contributed by atoms with van der Waals surface area (Å²) in [7, 11) is 2.02. The van der Waals surface area contributed by atoms with Crippen LogP contribution in [-0.2, 0) is 11.8 Å². The molecule has 0 amide bonds. The van der Waals surface area contributed by atoms with E-state index in [4.69, 9.17) is 4.74 Å². The number of aryl methyl sites for hydroxylation is 1. The lowest BCUT2D eigenvalue weighted by molar-refractivity contribution is 0.0780. The monoisotopic (exact) mass is 256 g/mol. The predicted octanol–water partition coefficient (Wildman–Crippen LogP) is 2.11. The van der Waals surface area contributed by atoms with E-state index in [1.807, 2.05) is 30.2 Å². The van der Waals surface area contributed by atoms with Gasteiger partial charge in [-0.3, -0.25) is 4.40 Å². The third-order valence-electron chi connectivity index (χ3n) is 3.92. The molecule has 1 atom stereocenters. The van der Waals surface area contributed by atoms with Crippen molar-refractivity contribution in [2.24, 2.45) is 7.05 Å². The standard InChI is InChI=1S/C14H16N4O/c1-17-5-4-12-14(17)16-8-11-7-15-13(18(11)12)10-3-2-6-19-9-10/h4-5,7-8,10H,2-3,6,9H2,1H3. The molecule has 1 fully saturated rings. The van der Waals surface area contributed by atoms with Crippen LogP contribution in [0.15, 0.2) is 24.7 Å². The molecule has 0 aromatic carbocycles. The van der Waals surface area contributed by atoms with Crippen LogP contribution in [-0.4, -0.2) is 32.1 Å². The highest BCUT2D eigenvalue weighted by Gasteiger charge is 2.21. The highest BCUT2D eigenvalue weighted by molar-refractivity contribution is 5.76. The normalized spacial score (nSPS) is 20.4. The van der Waals surface area contributed by atoms with E-state index in [-0.39, 0.29) is 0 Å². The summed E-state index contributed by atoms with van der Waals surface area (Å²) in [5.74, 6) is 1.50. The molecule has 0 N–H and O–H groups in total. The number of ether oxygens (including phenoxy) is 1. The summed E-state index contributed by atoms with van der Waals surface area (Å²) in [5, 5.41) is 0. The number of imidazole rings is 1. The molecule has 3 aromatic heterocycles. The minimum Gasteiger partial charge on any atom is -0.381 e. The number of rotatable bonds is 1. The molecule has 1 unspecified atom stereocenters. The molecule has 1 saturated heterocycles. The Balaban J connectivity index is 1.97. The first-order valence-corrected chi connectivity index (χ1v) is 6.70. The minimum absolute atomic E-state index is 0.391. The molecule has 5 heteroatoms. The fourth-order valence-electron chi connectivity index (χ4n) is 2.93. The summed E-state index contributed by atoms with van der Waals surface area (Å²) in [6.45, 7) is 1.65. The van der Waals surface area contributed by atoms with E-state index in [1.54, 1.807) is 0 Å². The molecule has 0 bridgehead atoms.